The van der Waals surface area contributed by atoms with Gasteiger partial charge in [0, 0.05) is 30.0 Å². The van der Waals surface area contributed by atoms with E-state index in [0.717, 1.165) is 11.1 Å². The molecule has 0 spiro atoms. The van der Waals surface area contributed by atoms with Crippen LogP contribution in [0.5, 0.6) is 0 Å². The average Bonchev–Trinajstić information content (AvgIpc) is 3.23. The maximum Gasteiger partial charge on any atom is 0.409 e. The number of benzene rings is 2. The van der Waals surface area contributed by atoms with Crippen LogP contribution in [0.4, 0.5) is 16.2 Å². The van der Waals surface area contributed by atoms with Crippen molar-refractivity contribution in [1.29, 1.82) is 0 Å². The summed E-state index contributed by atoms with van der Waals surface area (Å²) in [6, 6.07) is 10.9. The number of amides is 2. The molecule has 174 valence electrons. The summed E-state index contributed by atoms with van der Waals surface area (Å²) in [6.45, 7) is 5.16. The van der Waals surface area contributed by atoms with Gasteiger partial charge in [-0.05, 0) is 68.7 Å². The minimum atomic E-state index is -0.297. The monoisotopic (exact) mass is 452 g/mol. The van der Waals surface area contributed by atoms with E-state index in [1.165, 1.54) is 0 Å². The van der Waals surface area contributed by atoms with Crippen molar-refractivity contribution in [2.45, 2.75) is 32.8 Å². The number of nitrogens with two attached hydrogens (primary N) is 1. The van der Waals surface area contributed by atoms with E-state index < -0.39 is 0 Å². The average molecular weight is 453 g/mol. The molecule has 2 heterocycles. The molecule has 9 heteroatoms. The van der Waals surface area contributed by atoms with E-state index in [2.05, 4.69) is 10.3 Å². The Bertz CT molecular complexity index is 1130. The molecule has 0 unspecified atom stereocenters. The first-order chi connectivity index (χ1) is 15.9. The van der Waals surface area contributed by atoms with Crippen molar-refractivity contribution >= 4 is 34.5 Å². The number of likely N-dealkylation sites (tertiary alicyclic amines) is 1. The van der Waals surface area contributed by atoms with Crippen LogP contribution in [-0.2, 0) is 14.3 Å². The second-order valence-corrected chi connectivity index (χ2v) is 8.03. The lowest BCUT2D eigenvalue weighted by Gasteiger charge is -2.30. The smallest absolute Gasteiger partial charge is 0.409 e. The zero-order valence-electron chi connectivity index (χ0n) is 18.8. The third kappa shape index (κ3) is 5.43. The lowest BCUT2D eigenvalue weighted by Crippen LogP contribution is -2.41. The normalized spacial score (nSPS) is 14.4. The van der Waals surface area contributed by atoms with Gasteiger partial charge in [-0.25, -0.2) is 9.78 Å². The third-order valence-electron chi connectivity index (χ3n) is 5.53. The Balaban J connectivity index is 1.28. The summed E-state index contributed by atoms with van der Waals surface area (Å²) in [6.07, 6.45) is 1.00. The van der Waals surface area contributed by atoms with Crippen molar-refractivity contribution in [3.8, 4) is 11.5 Å². The molecule has 2 aromatic carbocycles. The predicted octanol–water partition coefficient (Wildman–Crippen LogP) is 3.96. The second kappa shape index (κ2) is 9.91. The Hall–Kier alpha value is -3.59. The van der Waals surface area contributed by atoms with Crippen LogP contribution in [0, 0.1) is 6.92 Å². The first-order valence-corrected chi connectivity index (χ1v) is 11.0. The minimum absolute atomic E-state index is 0.0440. The number of hydrogen-bond donors (Lipinski definition) is 2. The van der Waals surface area contributed by atoms with Gasteiger partial charge in [-0.15, -0.1) is 0 Å². The van der Waals surface area contributed by atoms with Crippen LogP contribution >= 0.6 is 0 Å². The number of carbonyl (C=O) groups excluding carboxylic acids is 2. The van der Waals surface area contributed by atoms with Crippen LogP contribution in [0.2, 0.25) is 0 Å². The molecule has 3 aromatic rings. The molecule has 9 nitrogen and oxygen atoms in total. The molecule has 1 aliphatic rings. The summed E-state index contributed by atoms with van der Waals surface area (Å²) in [5, 5.41) is 2.83. The number of piperidine rings is 1. The highest BCUT2D eigenvalue weighted by Gasteiger charge is 2.24. The van der Waals surface area contributed by atoms with E-state index in [-0.39, 0.29) is 24.7 Å². The van der Waals surface area contributed by atoms with Crippen LogP contribution in [-0.4, -0.2) is 54.3 Å². The Morgan fingerprint density at radius 1 is 1.21 bits per heavy atom. The van der Waals surface area contributed by atoms with Crippen LogP contribution in [0.15, 0.2) is 40.8 Å². The van der Waals surface area contributed by atoms with Gasteiger partial charge >= 0.3 is 6.09 Å². The van der Waals surface area contributed by atoms with Crippen LogP contribution in [0.3, 0.4) is 0 Å². The molecule has 0 radical (unpaired) electrons. The van der Waals surface area contributed by atoms with E-state index in [1.54, 1.807) is 30.0 Å². The second-order valence-electron chi connectivity index (χ2n) is 8.03. The van der Waals surface area contributed by atoms with Crippen molar-refractivity contribution in [3.63, 3.8) is 0 Å². The highest BCUT2D eigenvalue weighted by Crippen LogP contribution is 2.28. The topological polar surface area (TPSA) is 120 Å². The maximum atomic E-state index is 12.3. The molecule has 1 aromatic heterocycles. The van der Waals surface area contributed by atoms with Crippen molar-refractivity contribution in [2.75, 3.05) is 37.4 Å². The maximum absolute atomic E-state index is 12.3. The van der Waals surface area contributed by atoms with Gasteiger partial charge in [0.15, 0.2) is 5.58 Å². The first kappa shape index (κ1) is 22.6. The van der Waals surface area contributed by atoms with E-state index in [0.29, 0.717) is 60.9 Å². The Kier molecular flexibility index (Phi) is 6.79. The summed E-state index contributed by atoms with van der Waals surface area (Å²) in [5.74, 6) is 0.262. The zero-order chi connectivity index (χ0) is 23.4. The highest BCUT2D eigenvalue weighted by atomic mass is 16.6. The van der Waals surface area contributed by atoms with Gasteiger partial charge in [0.25, 0.3) is 0 Å². The number of aryl methyl sites for hydroxylation is 1. The van der Waals surface area contributed by atoms with Crippen molar-refractivity contribution in [3.05, 3.63) is 42.0 Å². The number of ether oxygens (including phenoxy) is 2. The van der Waals surface area contributed by atoms with Crippen LogP contribution < -0.4 is 11.1 Å². The fraction of sp³-hybridized carbons (Fsp3) is 0.375. The number of nitrogens with zero attached hydrogens (tertiary/aromatic N) is 2. The van der Waals surface area contributed by atoms with Crippen molar-refractivity contribution in [2.24, 2.45) is 0 Å². The SMILES string of the molecule is CCOC(=O)N1CCC(OCC(=O)Nc2ccc(-c3nc4cc(N)cc(C)c4o3)cc2)CC1. The summed E-state index contributed by atoms with van der Waals surface area (Å²) in [5.41, 5.74) is 10.3. The fourth-order valence-electron chi connectivity index (χ4n) is 3.86. The quantitative estimate of drug-likeness (QED) is 0.543. The summed E-state index contributed by atoms with van der Waals surface area (Å²) >= 11 is 0. The highest BCUT2D eigenvalue weighted by molar-refractivity contribution is 5.92. The largest absolute Gasteiger partial charge is 0.450 e. The summed E-state index contributed by atoms with van der Waals surface area (Å²) in [7, 11) is 0. The fourth-order valence-corrected chi connectivity index (χ4v) is 3.86. The number of anilines is 2. The Labute approximate surface area is 191 Å². The lowest BCUT2D eigenvalue weighted by atomic mass is 10.1. The zero-order valence-corrected chi connectivity index (χ0v) is 18.8. The molecular formula is C24H28N4O5. The number of oxazole rings is 1. The van der Waals surface area contributed by atoms with E-state index in [9.17, 15) is 9.59 Å². The Morgan fingerprint density at radius 2 is 1.94 bits per heavy atom. The Morgan fingerprint density at radius 3 is 2.64 bits per heavy atom. The number of fused-ring (bicyclic) bond motifs is 1. The van der Waals surface area contributed by atoms with Gasteiger partial charge in [0.1, 0.15) is 12.1 Å². The third-order valence-corrected chi connectivity index (χ3v) is 5.53. The molecule has 0 bridgehead atoms. The van der Waals surface area contributed by atoms with Gasteiger partial charge in [0.2, 0.25) is 11.8 Å². The van der Waals surface area contributed by atoms with Gasteiger partial charge < -0.3 is 29.8 Å². The molecule has 2 amide bonds. The van der Waals surface area contributed by atoms with E-state index in [4.69, 9.17) is 19.6 Å². The molecule has 0 saturated carbocycles. The van der Waals surface area contributed by atoms with Gasteiger partial charge in [0.05, 0.1) is 12.7 Å². The number of nitrogens with one attached hydrogen (secondary N) is 1. The summed E-state index contributed by atoms with van der Waals surface area (Å²) in [4.78, 5) is 30.2. The molecular weight excluding hydrogens is 424 g/mol. The lowest BCUT2D eigenvalue weighted by molar-refractivity contribution is -0.123. The molecule has 0 atom stereocenters. The molecule has 1 aliphatic heterocycles. The van der Waals surface area contributed by atoms with Crippen molar-refractivity contribution in [1.82, 2.24) is 9.88 Å². The molecule has 0 aliphatic carbocycles. The van der Waals surface area contributed by atoms with Gasteiger partial charge in [-0.1, -0.05) is 0 Å². The molecule has 1 saturated heterocycles. The molecule has 1 fully saturated rings. The molecule has 4 rings (SSSR count). The number of nitrogen functional groups attached to an aromatic ring is 1. The standard InChI is InChI=1S/C24H28N4O5/c1-3-31-24(30)28-10-8-19(9-11-28)32-14-21(29)26-18-6-4-16(5-7-18)23-27-20-13-17(25)12-15(2)22(20)33-23/h4-7,12-13,19H,3,8-11,14,25H2,1-2H3,(H,26,29). The van der Waals surface area contributed by atoms with Crippen molar-refractivity contribution < 1.29 is 23.5 Å². The number of hydrogen-bond acceptors (Lipinski definition) is 7. The van der Waals surface area contributed by atoms with Gasteiger partial charge in [-0.2, -0.15) is 0 Å². The summed E-state index contributed by atoms with van der Waals surface area (Å²) < 4.78 is 16.6. The molecule has 3 N–H and O–H groups in total. The predicted molar refractivity (Wildman–Crippen MR) is 125 cm³/mol. The number of rotatable bonds is 6. The van der Waals surface area contributed by atoms with Crippen LogP contribution in [0.25, 0.3) is 22.6 Å². The first-order valence-electron chi connectivity index (χ1n) is 11.0. The van der Waals surface area contributed by atoms with Gasteiger partial charge in [-0.3, -0.25) is 4.79 Å². The number of carbonyl (C=O) groups is 2. The molecule has 33 heavy (non-hydrogen) atoms. The van der Waals surface area contributed by atoms with E-state index >= 15 is 0 Å². The van der Waals surface area contributed by atoms with Crippen LogP contribution in [0.1, 0.15) is 25.3 Å². The van der Waals surface area contributed by atoms with E-state index in [1.807, 2.05) is 25.1 Å². The number of aromatic nitrogens is 1. The minimum Gasteiger partial charge on any atom is -0.450 e.